The third kappa shape index (κ3) is 3.35. The molecule has 0 amide bonds. The van der Waals surface area contributed by atoms with E-state index in [2.05, 4.69) is 31.3 Å². The molecule has 1 aromatic rings. The summed E-state index contributed by atoms with van der Waals surface area (Å²) in [6.07, 6.45) is 6.53. The quantitative estimate of drug-likeness (QED) is 0.884. The molecular weight excluding hydrogens is 246 g/mol. The first-order valence-corrected chi connectivity index (χ1v) is 8.16. The van der Waals surface area contributed by atoms with E-state index in [4.69, 9.17) is 4.74 Å². The zero-order valence-electron chi connectivity index (χ0n) is 12.9. The van der Waals surface area contributed by atoms with Crippen molar-refractivity contribution < 1.29 is 4.74 Å². The van der Waals surface area contributed by atoms with Crippen LogP contribution in [0.1, 0.15) is 42.4 Å². The molecule has 0 spiro atoms. The van der Waals surface area contributed by atoms with Crippen molar-refractivity contribution in [3.05, 3.63) is 28.8 Å². The van der Waals surface area contributed by atoms with Gasteiger partial charge in [0.1, 0.15) is 5.75 Å². The van der Waals surface area contributed by atoms with Crippen LogP contribution in [0.5, 0.6) is 5.75 Å². The summed E-state index contributed by atoms with van der Waals surface area (Å²) in [5, 5.41) is 3.52. The Morgan fingerprint density at radius 1 is 1.15 bits per heavy atom. The minimum atomic E-state index is 0.772. The van der Waals surface area contributed by atoms with Crippen LogP contribution in [0.2, 0.25) is 0 Å². The SMILES string of the molecule is Cc1ccc(CC2CCCNC2)c(OCC2CC2)c1C. The molecule has 20 heavy (non-hydrogen) atoms. The Bertz CT molecular complexity index is 459. The molecular formula is C18H27NO. The summed E-state index contributed by atoms with van der Waals surface area (Å²) in [4.78, 5) is 0. The topological polar surface area (TPSA) is 21.3 Å². The molecule has 2 heteroatoms. The van der Waals surface area contributed by atoms with Crippen molar-refractivity contribution in [2.75, 3.05) is 19.7 Å². The molecule has 2 aliphatic rings. The fourth-order valence-corrected chi connectivity index (χ4v) is 3.10. The van der Waals surface area contributed by atoms with Crippen LogP contribution in [-0.2, 0) is 6.42 Å². The van der Waals surface area contributed by atoms with Crippen LogP contribution in [0, 0.1) is 25.7 Å². The van der Waals surface area contributed by atoms with Gasteiger partial charge in [0.25, 0.3) is 0 Å². The molecule has 3 rings (SSSR count). The summed E-state index contributed by atoms with van der Waals surface area (Å²) in [7, 11) is 0. The summed E-state index contributed by atoms with van der Waals surface area (Å²) in [5.74, 6) is 2.77. The standard InChI is InChI=1S/C18H27NO/c1-13-5-8-17(10-16-4-3-9-19-11-16)18(14(13)2)20-12-15-6-7-15/h5,8,15-16,19H,3-4,6-7,9-12H2,1-2H3. The second-order valence-electron chi connectivity index (χ2n) is 6.67. The molecule has 0 bridgehead atoms. The van der Waals surface area contributed by atoms with Gasteiger partial charge in [0, 0.05) is 0 Å². The average molecular weight is 273 g/mol. The summed E-state index contributed by atoms with van der Waals surface area (Å²) in [6, 6.07) is 4.55. The van der Waals surface area contributed by atoms with Gasteiger partial charge in [0.15, 0.2) is 0 Å². The van der Waals surface area contributed by atoms with E-state index in [1.165, 1.54) is 54.7 Å². The second-order valence-corrected chi connectivity index (χ2v) is 6.67. The molecule has 110 valence electrons. The predicted molar refractivity (Wildman–Crippen MR) is 83.4 cm³/mol. The van der Waals surface area contributed by atoms with Crippen LogP contribution in [-0.4, -0.2) is 19.7 Å². The molecule has 1 saturated carbocycles. The monoisotopic (exact) mass is 273 g/mol. The Hall–Kier alpha value is -1.02. The van der Waals surface area contributed by atoms with Crippen molar-refractivity contribution in [3.63, 3.8) is 0 Å². The number of piperidine rings is 1. The van der Waals surface area contributed by atoms with E-state index < -0.39 is 0 Å². The van der Waals surface area contributed by atoms with Crippen LogP contribution in [0.3, 0.4) is 0 Å². The molecule has 2 fully saturated rings. The number of hydrogen-bond donors (Lipinski definition) is 1. The van der Waals surface area contributed by atoms with Gasteiger partial charge in [-0.05, 0) is 87.6 Å². The molecule has 0 aromatic heterocycles. The molecule has 1 aliphatic carbocycles. The highest BCUT2D eigenvalue weighted by Gasteiger charge is 2.23. The molecule has 1 heterocycles. The molecule has 1 atom stereocenters. The first-order valence-electron chi connectivity index (χ1n) is 8.16. The summed E-state index contributed by atoms with van der Waals surface area (Å²) in [5.41, 5.74) is 4.11. The summed E-state index contributed by atoms with van der Waals surface area (Å²) in [6.45, 7) is 7.66. The lowest BCUT2D eigenvalue weighted by Gasteiger charge is -2.24. The van der Waals surface area contributed by atoms with E-state index in [1.807, 2.05) is 0 Å². The van der Waals surface area contributed by atoms with Gasteiger partial charge in [-0.25, -0.2) is 0 Å². The highest BCUT2D eigenvalue weighted by atomic mass is 16.5. The Morgan fingerprint density at radius 2 is 2.00 bits per heavy atom. The lowest BCUT2D eigenvalue weighted by molar-refractivity contribution is 0.290. The van der Waals surface area contributed by atoms with E-state index in [0.717, 1.165) is 31.4 Å². The molecule has 1 N–H and O–H groups in total. The van der Waals surface area contributed by atoms with Crippen LogP contribution in [0.25, 0.3) is 0 Å². The maximum absolute atomic E-state index is 6.19. The van der Waals surface area contributed by atoms with Gasteiger partial charge in [0.05, 0.1) is 6.61 Å². The summed E-state index contributed by atoms with van der Waals surface area (Å²) >= 11 is 0. The van der Waals surface area contributed by atoms with Crippen LogP contribution < -0.4 is 10.1 Å². The smallest absolute Gasteiger partial charge is 0.125 e. The highest BCUT2D eigenvalue weighted by molar-refractivity contribution is 5.45. The fourth-order valence-electron chi connectivity index (χ4n) is 3.10. The van der Waals surface area contributed by atoms with Crippen LogP contribution >= 0.6 is 0 Å². The molecule has 1 unspecified atom stereocenters. The molecule has 1 aliphatic heterocycles. The maximum atomic E-state index is 6.19. The number of aryl methyl sites for hydroxylation is 1. The van der Waals surface area contributed by atoms with Crippen molar-refractivity contribution in [1.29, 1.82) is 0 Å². The van der Waals surface area contributed by atoms with Crippen molar-refractivity contribution >= 4 is 0 Å². The van der Waals surface area contributed by atoms with Gasteiger partial charge >= 0.3 is 0 Å². The first-order chi connectivity index (χ1) is 9.74. The van der Waals surface area contributed by atoms with Gasteiger partial charge in [0.2, 0.25) is 0 Å². The normalized spacial score (nSPS) is 22.8. The number of nitrogens with one attached hydrogen (secondary N) is 1. The van der Waals surface area contributed by atoms with Crippen molar-refractivity contribution in [2.45, 2.75) is 46.0 Å². The van der Waals surface area contributed by atoms with E-state index >= 15 is 0 Å². The van der Waals surface area contributed by atoms with Crippen molar-refractivity contribution in [3.8, 4) is 5.75 Å². The Balaban J connectivity index is 1.74. The van der Waals surface area contributed by atoms with Gasteiger partial charge in [-0.1, -0.05) is 12.1 Å². The molecule has 0 radical (unpaired) electrons. The van der Waals surface area contributed by atoms with Gasteiger partial charge in [-0.3, -0.25) is 0 Å². The molecule has 1 saturated heterocycles. The third-order valence-corrected chi connectivity index (χ3v) is 4.83. The number of ether oxygens (including phenoxy) is 1. The van der Waals surface area contributed by atoms with Crippen LogP contribution in [0.15, 0.2) is 12.1 Å². The minimum absolute atomic E-state index is 0.772. The lowest BCUT2D eigenvalue weighted by atomic mass is 9.90. The van der Waals surface area contributed by atoms with Gasteiger partial charge in [-0.2, -0.15) is 0 Å². The Kier molecular flexibility index (Phi) is 4.30. The van der Waals surface area contributed by atoms with E-state index in [1.54, 1.807) is 0 Å². The van der Waals surface area contributed by atoms with Gasteiger partial charge < -0.3 is 10.1 Å². The zero-order chi connectivity index (χ0) is 13.9. The van der Waals surface area contributed by atoms with Crippen LogP contribution in [0.4, 0.5) is 0 Å². The first kappa shape index (κ1) is 13.9. The van der Waals surface area contributed by atoms with E-state index in [-0.39, 0.29) is 0 Å². The lowest BCUT2D eigenvalue weighted by Crippen LogP contribution is -2.31. The largest absolute Gasteiger partial charge is 0.493 e. The number of benzene rings is 1. The average Bonchev–Trinajstić information content (AvgIpc) is 3.28. The third-order valence-electron chi connectivity index (χ3n) is 4.83. The maximum Gasteiger partial charge on any atom is 0.125 e. The Morgan fingerprint density at radius 3 is 2.70 bits per heavy atom. The van der Waals surface area contributed by atoms with Gasteiger partial charge in [-0.15, -0.1) is 0 Å². The molecule has 1 aromatic carbocycles. The Labute approximate surface area is 122 Å². The fraction of sp³-hybridized carbons (Fsp3) is 0.667. The second kappa shape index (κ2) is 6.17. The zero-order valence-corrected chi connectivity index (χ0v) is 12.9. The molecule has 2 nitrogen and oxygen atoms in total. The van der Waals surface area contributed by atoms with E-state index in [0.29, 0.717) is 0 Å². The van der Waals surface area contributed by atoms with Crippen molar-refractivity contribution in [2.24, 2.45) is 11.8 Å². The number of rotatable bonds is 5. The number of hydrogen-bond acceptors (Lipinski definition) is 2. The highest BCUT2D eigenvalue weighted by Crippen LogP contribution is 2.34. The summed E-state index contributed by atoms with van der Waals surface area (Å²) < 4.78 is 6.19. The minimum Gasteiger partial charge on any atom is -0.493 e. The van der Waals surface area contributed by atoms with Crippen molar-refractivity contribution in [1.82, 2.24) is 5.32 Å². The predicted octanol–water partition coefficient (Wildman–Crippen LogP) is 3.63. The van der Waals surface area contributed by atoms with E-state index in [9.17, 15) is 0 Å².